The summed E-state index contributed by atoms with van der Waals surface area (Å²) in [7, 11) is 0. The van der Waals surface area contributed by atoms with Gasteiger partial charge in [-0.1, -0.05) is 37.6 Å². The lowest BCUT2D eigenvalue weighted by Crippen LogP contribution is -2.28. The number of halogens is 1. The van der Waals surface area contributed by atoms with Crippen molar-refractivity contribution in [3.05, 3.63) is 53.8 Å². The fourth-order valence-corrected chi connectivity index (χ4v) is 3.24. The Morgan fingerprint density at radius 2 is 2.04 bits per heavy atom. The van der Waals surface area contributed by atoms with Crippen LogP contribution in [0.1, 0.15) is 25.3 Å². The van der Waals surface area contributed by atoms with Gasteiger partial charge in [0.15, 0.2) is 0 Å². The summed E-state index contributed by atoms with van der Waals surface area (Å²) in [6.07, 6.45) is 1.14. The Kier molecular flexibility index (Phi) is 6.26. The van der Waals surface area contributed by atoms with Gasteiger partial charge in [-0.3, -0.25) is 9.69 Å². The van der Waals surface area contributed by atoms with Crippen LogP contribution in [0.3, 0.4) is 0 Å². The van der Waals surface area contributed by atoms with E-state index in [4.69, 9.17) is 10.5 Å². The zero-order valence-corrected chi connectivity index (χ0v) is 15.8. The quantitative estimate of drug-likeness (QED) is 0.731. The van der Waals surface area contributed by atoms with Crippen molar-refractivity contribution in [3.8, 4) is 11.1 Å². The van der Waals surface area contributed by atoms with Gasteiger partial charge in [0, 0.05) is 12.1 Å². The van der Waals surface area contributed by atoms with E-state index in [0.29, 0.717) is 24.3 Å². The monoisotopic (exact) mass is 385 g/mol. The van der Waals surface area contributed by atoms with E-state index in [1.165, 1.54) is 11.0 Å². The van der Waals surface area contributed by atoms with Crippen LogP contribution in [0, 0.1) is 5.82 Å². The van der Waals surface area contributed by atoms with Crippen LogP contribution in [0.25, 0.3) is 11.1 Å². The zero-order chi connectivity index (χ0) is 20.1. The number of nitrogens with one attached hydrogen (secondary N) is 1. The van der Waals surface area contributed by atoms with E-state index in [9.17, 15) is 14.0 Å². The van der Waals surface area contributed by atoms with E-state index < -0.39 is 17.8 Å². The lowest BCUT2D eigenvalue weighted by atomic mass is 10.0. The first kappa shape index (κ1) is 19.8. The maximum Gasteiger partial charge on any atom is 0.414 e. The molecular formula is C21H24FN3O3. The molecule has 1 aliphatic heterocycles. The third kappa shape index (κ3) is 4.67. The Hall–Kier alpha value is -2.93. The summed E-state index contributed by atoms with van der Waals surface area (Å²) in [5.74, 6) is -0.814. The van der Waals surface area contributed by atoms with E-state index in [1.54, 1.807) is 12.1 Å². The number of cyclic esters (lactones) is 1. The van der Waals surface area contributed by atoms with Crippen molar-refractivity contribution >= 4 is 17.7 Å². The predicted octanol–water partition coefficient (Wildman–Crippen LogP) is 3.19. The molecule has 2 amide bonds. The zero-order valence-electron chi connectivity index (χ0n) is 15.8. The topological polar surface area (TPSA) is 84.7 Å². The molecule has 0 unspecified atom stereocenters. The van der Waals surface area contributed by atoms with Gasteiger partial charge in [0.1, 0.15) is 11.9 Å². The molecule has 0 bridgehead atoms. The number of nitrogens with two attached hydrogens (primary N) is 1. The smallest absolute Gasteiger partial charge is 0.414 e. The van der Waals surface area contributed by atoms with E-state index in [-0.39, 0.29) is 12.6 Å². The highest BCUT2D eigenvalue weighted by molar-refractivity contribution is 5.90. The molecule has 7 heteroatoms. The van der Waals surface area contributed by atoms with E-state index in [2.05, 4.69) is 5.32 Å². The van der Waals surface area contributed by atoms with Crippen molar-refractivity contribution in [1.82, 2.24) is 5.32 Å². The maximum absolute atomic E-state index is 14.7. The van der Waals surface area contributed by atoms with Gasteiger partial charge in [0.05, 0.1) is 18.8 Å². The highest BCUT2D eigenvalue weighted by Crippen LogP contribution is 2.29. The van der Waals surface area contributed by atoms with Gasteiger partial charge in [-0.15, -0.1) is 0 Å². The lowest BCUT2D eigenvalue weighted by molar-refractivity contribution is -0.117. The van der Waals surface area contributed by atoms with Crippen molar-refractivity contribution in [2.24, 2.45) is 5.73 Å². The minimum atomic E-state index is -0.432. The van der Waals surface area contributed by atoms with Crippen molar-refractivity contribution in [3.63, 3.8) is 0 Å². The number of nitrogens with zero attached hydrogens (tertiary/aromatic N) is 1. The van der Waals surface area contributed by atoms with E-state index >= 15 is 0 Å². The third-order valence-electron chi connectivity index (χ3n) is 4.64. The minimum Gasteiger partial charge on any atom is -0.444 e. The maximum atomic E-state index is 14.7. The summed E-state index contributed by atoms with van der Waals surface area (Å²) in [6, 6.07) is 12.1. The number of benzene rings is 2. The molecule has 0 saturated carbocycles. The van der Waals surface area contributed by atoms with Crippen LogP contribution in [0.2, 0.25) is 0 Å². The van der Waals surface area contributed by atoms with E-state index in [1.807, 2.05) is 31.2 Å². The largest absolute Gasteiger partial charge is 0.444 e. The Morgan fingerprint density at radius 3 is 2.68 bits per heavy atom. The highest BCUT2D eigenvalue weighted by atomic mass is 19.1. The van der Waals surface area contributed by atoms with E-state index in [0.717, 1.165) is 24.0 Å². The second-order valence-electron chi connectivity index (χ2n) is 6.84. The number of carbonyl (C=O) groups is 2. The molecule has 28 heavy (non-hydrogen) atoms. The molecule has 3 rings (SSSR count). The van der Waals surface area contributed by atoms with Gasteiger partial charge in [-0.05, 0) is 35.7 Å². The van der Waals surface area contributed by atoms with Gasteiger partial charge in [0.2, 0.25) is 5.91 Å². The van der Waals surface area contributed by atoms with Gasteiger partial charge in [-0.25, -0.2) is 9.18 Å². The predicted molar refractivity (Wildman–Crippen MR) is 105 cm³/mol. The molecule has 1 fully saturated rings. The van der Waals surface area contributed by atoms with Crippen LogP contribution in [-0.2, 0) is 16.1 Å². The second kappa shape index (κ2) is 8.84. The molecule has 0 aliphatic carbocycles. The summed E-state index contributed by atoms with van der Waals surface area (Å²) < 4.78 is 20.0. The number of ether oxygens (including phenoxy) is 1. The number of primary amides is 1. The Bertz CT molecular complexity index is 854. The van der Waals surface area contributed by atoms with Crippen molar-refractivity contribution in [2.45, 2.75) is 32.4 Å². The molecule has 148 valence electrons. The molecule has 0 aromatic heterocycles. The molecule has 0 spiro atoms. The molecule has 1 atom stereocenters. The summed E-state index contributed by atoms with van der Waals surface area (Å²) >= 11 is 0. The van der Waals surface area contributed by atoms with Crippen molar-refractivity contribution < 1.29 is 18.7 Å². The van der Waals surface area contributed by atoms with Crippen LogP contribution in [0.15, 0.2) is 42.5 Å². The molecule has 0 radical (unpaired) electrons. The molecular weight excluding hydrogens is 361 g/mol. The molecule has 1 saturated heterocycles. The Labute approximate surface area is 163 Å². The summed E-state index contributed by atoms with van der Waals surface area (Å²) in [5, 5.41) is 2.93. The van der Waals surface area contributed by atoms with Gasteiger partial charge >= 0.3 is 6.09 Å². The van der Waals surface area contributed by atoms with Crippen LogP contribution in [0.4, 0.5) is 14.9 Å². The SMILES string of the molecule is CCC[C@H]1CN(c2ccc(-c3ccc(CNCC(N)=O)cc3)c(F)c2)C(=O)O1. The first-order valence-electron chi connectivity index (χ1n) is 9.34. The average molecular weight is 385 g/mol. The Morgan fingerprint density at radius 1 is 1.29 bits per heavy atom. The number of amides is 2. The Balaban J connectivity index is 1.70. The molecule has 6 nitrogen and oxygen atoms in total. The number of carbonyl (C=O) groups excluding carboxylic acids is 2. The fraction of sp³-hybridized carbons (Fsp3) is 0.333. The van der Waals surface area contributed by atoms with Gasteiger partial charge < -0.3 is 15.8 Å². The minimum absolute atomic E-state index is 0.107. The number of hydrogen-bond acceptors (Lipinski definition) is 4. The lowest BCUT2D eigenvalue weighted by Gasteiger charge is -2.14. The molecule has 2 aromatic carbocycles. The summed E-state index contributed by atoms with van der Waals surface area (Å²) in [6.45, 7) is 3.08. The van der Waals surface area contributed by atoms with Gasteiger partial charge in [-0.2, -0.15) is 0 Å². The molecule has 1 heterocycles. The van der Waals surface area contributed by atoms with Crippen molar-refractivity contribution in [1.29, 1.82) is 0 Å². The summed E-state index contributed by atoms with van der Waals surface area (Å²) in [5.41, 5.74) is 7.73. The third-order valence-corrected chi connectivity index (χ3v) is 4.64. The van der Waals surface area contributed by atoms with Crippen LogP contribution >= 0.6 is 0 Å². The molecule has 2 aromatic rings. The molecule has 1 aliphatic rings. The number of hydrogen-bond donors (Lipinski definition) is 2. The van der Waals surface area contributed by atoms with Crippen LogP contribution in [-0.4, -0.2) is 31.2 Å². The normalized spacial score (nSPS) is 16.3. The van der Waals surface area contributed by atoms with Crippen molar-refractivity contribution in [2.75, 3.05) is 18.0 Å². The second-order valence-corrected chi connectivity index (χ2v) is 6.84. The summed E-state index contributed by atoms with van der Waals surface area (Å²) in [4.78, 5) is 24.3. The van der Waals surface area contributed by atoms with Crippen LogP contribution < -0.4 is 16.0 Å². The average Bonchev–Trinajstić information content (AvgIpc) is 3.03. The molecule has 3 N–H and O–H groups in total. The highest BCUT2D eigenvalue weighted by Gasteiger charge is 2.32. The standard InChI is InChI=1S/C21H24FN3O3/c1-2-3-17-13-25(21(27)28-17)16-8-9-18(19(22)10-16)15-6-4-14(5-7-15)11-24-12-20(23)26/h4-10,17,24H,2-3,11-13H2,1H3,(H2,23,26)/t17-/m0/s1. The van der Waals surface area contributed by atoms with Crippen LogP contribution in [0.5, 0.6) is 0 Å². The van der Waals surface area contributed by atoms with Gasteiger partial charge in [0.25, 0.3) is 0 Å². The first-order valence-corrected chi connectivity index (χ1v) is 9.34. The first-order chi connectivity index (χ1) is 13.5. The number of anilines is 1. The fourth-order valence-electron chi connectivity index (χ4n) is 3.24. The number of rotatable bonds is 8.